The number of carbonyl (C=O) groups excluding carboxylic acids is 2. The Kier molecular flexibility index (Phi) is 6.95. The van der Waals surface area contributed by atoms with Crippen molar-refractivity contribution in [2.45, 2.75) is 49.9 Å². The Bertz CT molecular complexity index is 745. The molecule has 1 unspecified atom stereocenters. The van der Waals surface area contributed by atoms with Crippen LogP contribution >= 0.6 is 0 Å². The lowest BCUT2D eigenvalue weighted by molar-refractivity contribution is -0.202. The Hall–Kier alpha value is -2.14. The van der Waals surface area contributed by atoms with Gasteiger partial charge in [-0.2, -0.15) is 13.2 Å². The number of amides is 2. The van der Waals surface area contributed by atoms with Gasteiger partial charge in [-0.1, -0.05) is 6.08 Å². The molecule has 0 radical (unpaired) electrons. The molecule has 31 heavy (non-hydrogen) atoms. The van der Waals surface area contributed by atoms with E-state index >= 15 is 0 Å². The third kappa shape index (κ3) is 5.76. The van der Waals surface area contributed by atoms with Crippen LogP contribution in [0.2, 0.25) is 0 Å². The van der Waals surface area contributed by atoms with E-state index in [4.69, 9.17) is 14.6 Å². The molecule has 3 fully saturated rings. The van der Waals surface area contributed by atoms with Crippen molar-refractivity contribution in [3.63, 3.8) is 0 Å². The molecule has 2 saturated heterocycles. The smallest absolute Gasteiger partial charge is 0.475 e. The third-order valence-corrected chi connectivity index (χ3v) is 6.02. The number of ether oxygens (including phenoxy) is 1. The van der Waals surface area contributed by atoms with Crippen LogP contribution in [0.25, 0.3) is 0 Å². The molecule has 1 atom stereocenters. The summed E-state index contributed by atoms with van der Waals surface area (Å²) in [4.78, 5) is 37.7. The van der Waals surface area contributed by atoms with Crippen LogP contribution in [0, 0.1) is 5.92 Å². The van der Waals surface area contributed by atoms with Gasteiger partial charge in [0, 0.05) is 25.7 Å². The highest BCUT2D eigenvalue weighted by molar-refractivity contribution is 5.94. The van der Waals surface area contributed by atoms with E-state index in [0.717, 1.165) is 43.8 Å². The zero-order chi connectivity index (χ0) is 22.8. The molecule has 2 aliphatic carbocycles. The fourth-order valence-electron chi connectivity index (χ4n) is 4.17. The van der Waals surface area contributed by atoms with E-state index in [0.29, 0.717) is 19.7 Å². The second kappa shape index (κ2) is 9.15. The molecule has 0 bridgehead atoms. The van der Waals surface area contributed by atoms with Gasteiger partial charge in [-0.3, -0.25) is 14.5 Å². The number of carbonyl (C=O) groups is 3. The molecule has 2 amide bonds. The van der Waals surface area contributed by atoms with Crippen molar-refractivity contribution < 1.29 is 37.4 Å². The normalized spacial score (nSPS) is 25.2. The number of alkyl halides is 3. The molecule has 2 heterocycles. The van der Waals surface area contributed by atoms with E-state index in [2.05, 4.69) is 16.3 Å². The lowest BCUT2D eigenvalue weighted by Gasteiger charge is -2.55. The van der Waals surface area contributed by atoms with Gasteiger partial charge in [0.2, 0.25) is 11.8 Å². The predicted octanol–water partition coefficient (Wildman–Crippen LogP) is 1.17. The Morgan fingerprint density at radius 3 is 2.39 bits per heavy atom. The van der Waals surface area contributed by atoms with Gasteiger partial charge in [0.15, 0.2) is 0 Å². The van der Waals surface area contributed by atoms with Crippen molar-refractivity contribution in [2.75, 3.05) is 39.8 Å². The Morgan fingerprint density at radius 1 is 1.26 bits per heavy atom. The fourth-order valence-corrected chi connectivity index (χ4v) is 4.17. The maximum atomic E-state index is 12.5. The molecule has 0 aromatic heterocycles. The largest absolute Gasteiger partial charge is 0.490 e. The molecule has 0 aromatic carbocycles. The number of carboxylic acid groups (broad SMARTS) is 1. The van der Waals surface area contributed by atoms with Gasteiger partial charge in [-0.25, -0.2) is 4.79 Å². The first-order chi connectivity index (χ1) is 14.5. The first-order valence-corrected chi connectivity index (χ1v) is 10.4. The quantitative estimate of drug-likeness (QED) is 0.671. The van der Waals surface area contributed by atoms with E-state index < -0.39 is 12.1 Å². The molecule has 2 N–H and O–H groups in total. The number of likely N-dealkylation sites (tertiary alicyclic amines) is 1. The average Bonchev–Trinajstić information content (AvgIpc) is 3.33. The Labute approximate surface area is 178 Å². The average molecular weight is 447 g/mol. The highest BCUT2D eigenvalue weighted by Gasteiger charge is 2.52. The second-order valence-electron chi connectivity index (χ2n) is 8.58. The number of nitrogens with zero attached hydrogens (tertiary/aromatic N) is 2. The molecular formula is C20H28F3N3O5. The second-order valence-corrected chi connectivity index (χ2v) is 8.58. The number of halogens is 3. The van der Waals surface area contributed by atoms with Crippen molar-refractivity contribution in [3.05, 3.63) is 11.6 Å². The summed E-state index contributed by atoms with van der Waals surface area (Å²) in [6.45, 7) is 3.47. The summed E-state index contributed by atoms with van der Waals surface area (Å²) < 4.78 is 37.8. The highest BCUT2D eigenvalue weighted by Crippen LogP contribution is 2.36. The summed E-state index contributed by atoms with van der Waals surface area (Å²) in [5.74, 6) is -1.81. The molecular weight excluding hydrogens is 419 g/mol. The van der Waals surface area contributed by atoms with Gasteiger partial charge < -0.3 is 20.1 Å². The third-order valence-electron chi connectivity index (χ3n) is 6.02. The number of rotatable bonds is 4. The van der Waals surface area contributed by atoms with Gasteiger partial charge in [-0.15, -0.1) is 0 Å². The van der Waals surface area contributed by atoms with Gasteiger partial charge in [0.1, 0.15) is 11.6 Å². The SMILES string of the molecule is CNC(=O)C1COC2(CN(C(=O)C3=CCCC3)C2)CN1CC1CC1.O=C(O)C(F)(F)F. The predicted molar refractivity (Wildman–Crippen MR) is 103 cm³/mol. The van der Waals surface area contributed by atoms with Crippen LogP contribution in [0.5, 0.6) is 0 Å². The maximum absolute atomic E-state index is 12.5. The number of likely N-dealkylation sites (N-methyl/N-ethyl adjacent to an activating group) is 1. The van der Waals surface area contributed by atoms with Crippen LogP contribution in [0.4, 0.5) is 13.2 Å². The summed E-state index contributed by atoms with van der Waals surface area (Å²) in [5.41, 5.74) is 0.701. The van der Waals surface area contributed by atoms with Crippen LogP contribution in [0.3, 0.4) is 0 Å². The van der Waals surface area contributed by atoms with Crippen LogP contribution < -0.4 is 5.32 Å². The molecule has 1 spiro atoms. The Balaban J connectivity index is 0.000000339. The molecule has 1 saturated carbocycles. The molecule has 4 aliphatic rings. The van der Waals surface area contributed by atoms with E-state index in [1.807, 2.05) is 4.90 Å². The van der Waals surface area contributed by atoms with E-state index in [9.17, 15) is 22.8 Å². The number of nitrogens with one attached hydrogen (secondary N) is 1. The zero-order valence-electron chi connectivity index (χ0n) is 17.4. The standard InChI is InChI=1S/C18H27N3O3.C2HF3O2/c1-19-16(22)15-9-24-18(10-20(15)8-13-6-7-13)11-21(12-18)17(23)14-4-2-3-5-14;3-2(4,5)1(6)7/h4,13,15H,2-3,5-12H2,1H3,(H,19,22);(H,6,7). The van der Waals surface area contributed by atoms with Crippen molar-refractivity contribution >= 4 is 17.8 Å². The van der Waals surface area contributed by atoms with E-state index in [-0.39, 0.29) is 23.5 Å². The number of allylic oxidation sites excluding steroid dienone is 1. The van der Waals surface area contributed by atoms with Crippen LogP contribution in [-0.2, 0) is 19.1 Å². The van der Waals surface area contributed by atoms with Crippen LogP contribution in [-0.4, -0.2) is 90.3 Å². The molecule has 11 heteroatoms. The van der Waals surface area contributed by atoms with Crippen molar-refractivity contribution in [1.29, 1.82) is 0 Å². The van der Waals surface area contributed by atoms with Crippen LogP contribution in [0.15, 0.2) is 11.6 Å². The number of morpholine rings is 1. The fraction of sp³-hybridized carbons (Fsp3) is 0.750. The molecule has 2 aliphatic heterocycles. The van der Waals surface area contributed by atoms with Crippen molar-refractivity contribution in [2.24, 2.45) is 5.92 Å². The monoisotopic (exact) mass is 447 g/mol. The molecule has 8 nitrogen and oxygen atoms in total. The van der Waals surface area contributed by atoms with Gasteiger partial charge >= 0.3 is 12.1 Å². The molecule has 174 valence electrons. The van der Waals surface area contributed by atoms with E-state index in [1.165, 1.54) is 12.8 Å². The minimum absolute atomic E-state index is 0.0360. The van der Waals surface area contributed by atoms with Crippen LogP contribution in [0.1, 0.15) is 32.1 Å². The van der Waals surface area contributed by atoms with Crippen molar-refractivity contribution in [3.8, 4) is 0 Å². The van der Waals surface area contributed by atoms with E-state index in [1.54, 1.807) is 7.05 Å². The van der Waals surface area contributed by atoms with Gasteiger partial charge in [0.25, 0.3) is 0 Å². The number of hydrogen-bond acceptors (Lipinski definition) is 5. The van der Waals surface area contributed by atoms with Crippen molar-refractivity contribution in [1.82, 2.24) is 15.1 Å². The first kappa shape index (κ1) is 23.5. The summed E-state index contributed by atoms with van der Waals surface area (Å²) in [6, 6.07) is -0.191. The number of carboxylic acids is 1. The summed E-state index contributed by atoms with van der Waals surface area (Å²) >= 11 is 0. The highest BCUT2D eigenvalue weighted by atomic mass is 19.4. The lowest BCUT2D eigenvalue weighted by atomic mass is 9.89. The lowest BCUT2D eigenvalue weighted by Crippen LogP contribution is -2.73. The molecule has 0 aromatic rings. The Morgan fingerprint density at radius 2 is 1.90 bits per heavy atom. The molecule has 4 rings (SSSR count). The number of aliphatic carboxylic acids is 1. The first-order valence-electron chi connectivity index (χ1n) is 10.4. The topological polar surface area (TPSA) is 99.2 Å². The summed E-state index contributed by atoms with van der Waals surface area (Å²) in [5, 5.41) is 9.88. The summed E-state index contributed by atoms with van der Waals surface area (Å²) in [7, 11) is 1.68. The maximum Gasteiger partial charge on any atom is 0.490 e. The minimum atomic E-state index is -5.08. The number of hydrogen-bond donors (Lipinski definition) is 2. The summed E-state index contributed by atoms with van der Waals surface area (Å²) in [6.07, 6.45) is 2.57. The zero-order valence-corrected chi connectivity index (χ0v) is 17.4. The van der Waals surface area contributed by atoms with Gasteiger partial charge in [-0.05, 0) is 38.0 Å². The minimum Gasteiger partial charge on any atom is -0.475 e. The van der Waals surface area contributed by atoms with Gasteiger partial charge in [0.05, 0.1) is 19.7 Å².